The van der Waals surface area contributed by atoms with Crippen molar-refractivity contribution in [2.45, 2.75) is 210 Å². The quantitative estimate of drug-likeness (QED) is 0.00991. The lowest BCUT2D eigenvalue weighted by Crippen LogP contribution is -2.64. The van der Waals surface area contributed by atoms with Gasteiger partial charge in [-0.15, -0.1) is 0 Å². The van der Waals surface area contributed by atoms with Gasteiger partial charge in [-0.1, -0.05) is 144 Å². The van der Waals surface area contributed by atoms with Crippen LogP contribution in [0.4, 0.5) is 0 Å². The number of carbonyl (C=O) groups excluding carboxylic acids is 2. The van der Waals surface area contributed by atoms with E-state index in [1.54, 1.807) is 0 Å². The van der Waals surface area contributed by atoms with E-state index >= 15 is 0 Å². The monoisotopic (exact) mass is 1030 g/mol. The summed E-state index contributed by atoms with van der Waals surface area (Å²) in [5, 5.41) is 41.3. The number of phosphoric acid groups is 2. The summed E-state index contributed by atoms with van der Waals surface area (Å²) in [6.07, 6.45) is 34.2. The van der Waals surface area contributed by atoms with Crippen molar-refractivity contribution in [1.82, 2.24) is 0 Å². The second-order valence-corrected chi connectivity index (χ2v) is 20.1. The molecule has 19 heteroatoms. The van der Waals surface area contributed by atoms with Crippen LogP contribution in [-0.4, -0.2) is 115 Å². The van der Waals surface area contributed by atoms with Gasteiger partial charge >= 0.3 is 27.6 Å². The Morgan fingerprint density at radius 3 is 1.64 bits per heavy atom. The Morgan fingerprint density at radius 2 is 1.06 bits per heavy atom. The molecule has 7 unspecified atom stereocenters. The van der Waals surface area contributed by atoms with E-state index in [1.165, 1.54) is 19.3 Å². The van der Waals surface area contributed by atoms with Crippen molar-refractivity contribution in [2.24, 2.45) is 0 Å². The van der Waals surface area contributed by atoms with E-state index in [2.05, 4.69) is 91.3 Å². The van der Waals surface area contributed by atoms with Crippen molar-refractivity contribution >= 4 is 27.6 Å². The highest BCUT2D eigenvalue weighted by Crippen LogP contribution is 2.49. The number of carbonyl (C=O) groups is 2. The molecule has 1 saturated heterocycles. The van der Waals surface area contributed by atoms with Gasteiger partial charge < -0.3 is 49.3 Å². The van der Waals surface area contributed by atoms with E-state index in [9.17, 15) is 53.8 Å². The summed E-state index contributed by atoms with van der Waals surface area (Å²) < 4.78 is 55.1. The Labute approximate surface area is 416 Å². The maximum Gasteiger partial charge on any atom is 0.472 e. The van der Waals surface area contributed by atoms with Crippen molar-refractivity contribution in [3.63, 3.8) is 0 Å². The number of phosphoric ester groups is 2. The normalized spacial score (nSPS) is 24.6. The van der Waals surface area contributed by atoms with Crippen molar-refractivity contribution in [1.29, 1.82) is 0 Å². The second-order valence-electron chi connectivity index (χ2n) is 17.5. The molecule has 2 aliphatic rings. The van der Waals surface area contributed by atoms with Gasteiger partial charge in [0, 0.05) is 12.8 Å². The zero-order chi connectivity index (χ0) is 51.5. The first kappa shape index (κ1) is 63.3. The highest BCUT2D eigenvalue weighted by atomic mass is 31.2. The fourth-order valence-corrected chi connectivity index (χ4v) is 8.94. The van der Waals surface area contributed by atoms with Crippen LogP contribution in [0.2, 0.25) is 0 Å². The Morgan fingerprint density at radius 1 is 0.543 bits per heavy atom. The lowest BCUT2D eigenvalue weighted by Gasteiger charge is -2.43. The summed E-state index contributed by atoms with van der Waals surface area (Å²) in [4.78, 5) is 54.4. The third-order valence-corrected chi connectivity index (χ3v) is 12.9. The number of hydrogen-bond donors (Lipinski definition) is 7. The first-order valence-corrected chi connectivity index (χ1v) is 28.3. The molecule has 400 valence electrons. The molecule has 2 rings (SSSR count). The highest BCUT2D eigenvalue weighted by molar-refractivity contribution is 7.47. The van der Waals surface area contributed by atoms with E-state index in [4.69, 9.17) is 23.3 Å². The number of unbranched alkanes of at least 4 members (excludes halogenated alkanes) is 9. The van der Waals surface area contributed by atoms with Crippen LogP contribution >= 0.6 is 15.6 Å². The second kappa shape index (κ2) is 37.8. The zero-order valence-corrected chi connectivity index (χ0v) is 43.1. The molecule has 0 aromatic rings. The largest absolute Gasteiger partial charge is 0.472 e. The van der Waals surface area contributed by atoms with Crippen molar-refractivity contribution in [3.8, 4) is 0 Å². The summed E-state index contributed by atoms with van der Waals surface area (Å²) >= 11 is 0. The summed E-state index contributed by atoms with van der Waals surface area (Å²) in [6, 6.07) is 0. The van der Waals surface area contributed by atoms with Crippen molar-refractivity contribution in [2.75, 3.05) is 13.2 Å². The molecule has 1 aliphatic carbocycles. The Balaban J connectivity index is 1.79. The number of epoxide rings is 1. The van der Waals surface area contributed by atoms with Crippen LogP contribution in [0.25, 0.3) is 0 Å². The molecule has 1 heterocycles. The summed E-state index contributed by atoms with van der Waals surface area (Å²) in [5.74, 6) is -1.30. The molecular formula is C51H84O17P2. The predicted octanol–water partition coefficient (Wildman–Crippen LogP) is 9.16. The molecule has 0 bridgehead atoms. The number of rotatable bonds is 40. The molecule has 0 amide bonds. The molecule has 0 aromatic carbocycles. The molecule has 0 spiro atoms. The molecule has 10 atom stereocenters. The number of aliphatic hydroxyl groups is 4. The summed E-state index contributed by atoms with van der Waals surface area (Å²) in [5.41, 5.74) is 0. The van der Waals surface area contributed by atoms with Gasteiger partial charge in [-0.2, -0.15) is 0 Å². The van der Waals surface area contributed by atoms with Gasteiger partial charge in [-0.25, -0.2) is 9.13 Å². The van der Waals surface area contributed by atoms with Crippen LogP contribution in [-0.2, 0) is 46.5 Å². The number of ether oxygens (including phenoxy) is 3. The zero-order valence-electron chi connectivity index (χ0n) is 41.4. The maximum atomic E-state index is 13.0. The maximum absolute atomic E-state index is 13.0. The SMILES string of the molecule is CC/C=C\C/C=C\C/C=C\C/C=C\CCCCCCCCC(=O)OC[C@H](COP(=O)(O)O[C@H]1C(O)C(O)C(O)[C@@H](OP(=O)(O)O)C1O)OC(=O)CCC/C=C\C/C=C\C/C=C\CC1OC1CCCCC. The Bertz CT molecular complexity index is 1740. The number of hydrogen-bond acceptors (Lipinski definition) is 14. The smallest absolute Gasteiger partial charge is 0.462 e. The summed E-state index contributed by atoms with van der Waals surface area (Å²) in [6.45, 7) is 2.91. The van der Waals surface area contributed by atoms with Gasteiger partial charge in [0.1, 0.15) is 43.2 Å². The van der Waals surface area contributed by atoms with Gasteiger partial charge in [0.2, 0.25) is 0 Å². The third-order valence-electron chi connectivity index (χ3n) is 11.4. The van der Waals surface area contributed by atoms with Crippen molar-refractivity contribution in [3.05, 3.63) is 85.1 Å². The molecule has 17 nitrogen and oxygen atoms in total. The lowest BCUT2D eigenvalue weighted by molar-refractivity contribution is -0.216. The average Bonchev–Trinajstić information content (AvgIpc) is 4.07. The first-order chi connectivity index (χ1) is 33.6. The van der Waals surface area contributed by atoms with Crippen molar-refractivity contribution < 1.29 is 81.6 Å². The molecule has 1 aliphatic heterocycles. The van der Waals surface area contributed by atoms with Crippen LogP contribution in [0, 0.1) is 0 Å². The van der Waals surface area contributed by atoms with Gasteiger partial charge in [0.15, 0.2) is 6.10 Å². The lowest BCUT2D eigenvalue weighted by atomic mass is 9.85. The molecule has 1 saturated carbocycles. The Kier molecular flexibility index (Phi) is 34.2. The highest BCUT2D eigenvalue weighted by Gasteiger charge is 2.54. The van der Waals surface area contributed by atoms with E-state index in [1.807, 2.05) is 12.2 Å². The minimum Gasteiger partial charge on any atom is -0.462 e. The van der Waals surface area contributed by atoms with Crippen LogP contribution in [0.1, 0.15) is 155 Å². The topological polar surface area (TPSA) is 269 Å². The van der Waals surface area contributed by atoms with Crippen LogP contribution in [0.5, 0.6) is 0 Å². The van der Waals surface area contributed by atoms with Gasteiger partial charge in [-0.05, 0) is 83.5 Å². The Hall–Kier alpha value is -2.86. The van der Waals surface area contributed by atoms with Gasteiger partial charge in [0.05, 0.1) is 18.8 Å². The fraction of sp³-hybridized carbons (Fsp3) is 0.686. The molecule has 70 heavy (non-hydrogen) atoms. The molecule has 7 N–H and O–H groups in total. The van der Waals surface area contributed by atoms with E-state index < -0.39 is 83.5 Å². The fourth-order valence-electron chi connectivity index (χ4n) is 7.40. The minimum absolute atomic E-state index is 0.0437. The van der Waals surface area contributed by atoms with Gasteiger partial charge in [0.25, 0.3) is 0 Å². The third kappa shape index (κ3) is 30.9. The molecular weight excluding hydrogens is 946 g/mol. The number of aliphatic hydroxyl groups excluding tert-OH is 4. The van der Waals surface area contributed by atoms with Crippen LogP contribution < -0.4 is 0 Å². The van der Waals surface area contributed by atoms with E-state index in [0.717, 1.165) is 89.9 Å². The standard InChI is InChI=1S/C51H84O17P2/c1-3-5-7-8-9-10-11-12-13-14-15-16-17-18-19-23-26-29-33-37-44(52)63-39-41(40-64-70(61,62)68-51-48(56)46(54)47(55)50(49(51)57)67-69(58,59)60)65-45(53)38-34-30-27-24-21-20-22-25-28-32-36-43-42(66-43)35-31-6-4-2/h5,7,9-10,12-13,15-16,20,22,24,27-28,32,41-43,46-51,54-57H,3-4,6,8,11,14,17-19,21,23,25-26,29-31,33-40H2,1-2H3,(H,61,62)(H2,58,59,60)/b7-5-,10-9-,13-12-,16-15-,22-20-,27-24-,32-28-/t41-,42?,43?,46?,47?,48?,49?,50-,51+/m1/s1. The molecule has 0 aromatic heterocycles. The average molecular weight is 1030 g/mol. The van der Waals surface area contributed by atoms with E-state index in [-0.39, 0.29) is 12.8 Å². The van der Waals surface area contributed by atoms with Crippen LogP contribution in [0.15, 0.2) is 85.1 Å². The van der Waals surface area contributed by atoms with Crippen LogP contribution in [0.3, 0.4) is 0 Å². The molecule has 0 radical (unpaired) electrons. The predicted molar refractivity (Wildman–Crippen MR) is 268 cm³/mol. The number of allylic oxidation sites excluding steroid dienone is 13. The first-order valence-electron chi connectivity index (χ1n) is 25.3. The summed E-state index contributed by atoms with van der Waals surface area (Å²) in [7, 11) is -10.7. The van der Waals surface area contributed by atoms with E-state index in [0.29, 0.717) is 31.5 Å². The van der Waals surface area contributed by atoms with Gasteiger partial charge in [-0.3, -0.25) is 23.2 Å². The minimum atomic E-state index is -5.38. The molecule has 2 fully saturated rings. The number of esters is 2.